The predicted molar refractivity (Wildman–Crippen MR) is 283 cm³/mol. The Labute approximate surface area is 433 Å². The van der Waals surface area contributed by atoms with Crippen molar-refractivity contribution in [3.63, 3.8) is 0 Å². The summed E-state index contributed by atoms with van der Waals surface area (Å²) in [5, 5.41) is 15.2. The number of hydrazine groups is 2. The van der Waals surface area contributed by atoms with Crippen molar-refractivity contribution in [3.05, 3.63) is 186 Å². The number of rotatable bonds is 10. The molecular formula is C54H54Cl2N10O7. The van der Waals surface area contributed by atoms with Gasteiger partial charge in [-0.1, -0.05) is 83.3 Å². The van der Waals surface area contributed by atoms with E-state index in [0.717, 1.165) is 16.7 Å². The summed E-state index contributed by atoms with van der Waals surface area (Å²) in [6, 6.07) is 27.1. The number of amides is 5. The molecule has 8 N–H and O–H groups in total. The van der Waals surface area contributed by atoms with Crippen LogP contribution in [0.2, 0.25) is 10.0 Å². The minimum atomic E-state index is -0.984. The molecule has 0 aliphatic carbocycles. The van der Waals surface area contributed by atoms with Gasteiger partial charge in [0.1, 0.15) is 11.6 Å². The van der Waals surface area contributed by atoms with Crippen LogP contribution in [0, 0.1) is 51.4 Å². The van der Waals surface area contributed by atoms with Crippen molar-refractivity contribution in [2.75, 3.05) is 51.9 Å². The maximum Gasteiger partial charge on any atom is 0.335 e. The standard InChI is InChI=1S/C27H26ClN5O3.C19H19N3O3.C8H9ClN2O/c1-17-8-11-21(26(35)31-32-27(36)25-18(2)6-5-7-22(25)28)14-20(17)12-9-19-10-13-23(29-15-19)30-24(34)16-33(3)4;1-13-4-7-16(19(24)25)10-15(13)8-5-14-6-9-17(20-11-14)21-18(23)12-22(2)3;1-5-3-2-4-6(9)7(5)8(12)11-10/h5-8,10-11,13-15H,16H2,1-4H3,(H,31,35)(H,32,36)(H,29,30,34);4,6-7,9-11H,12H2,1-3H3,(H,24,25)(H,20,21,23);2-4H,10H2,1H3,(H,11,12). The summed E-state index contributed by atoms with van der Waals surface area (Å²) in [5.41, 5.74) is 14.0. The molecule has 0 fully saturated rings. The lowest BCUT2D eigenvalue weighted by Crippen LogP contribution is -2.42. The van der Waals surface area contributed by atoms with E-state index in [1.807, 2.05) is 47.5 Å². The van der Waals surface area contributed by atoms with Crippen LogP contribution in [-0.4, -0.2) is 102 Å². The fourth-order valence-electron chi connectivity index (χ4n) is 6.25. The fraction of sp³-hybridized carbons (Fsp3) is 0.185. The van der Waals surface area contributed by atoms with Gasteiger partial charge in [-0.2, -0.15) is 0 Å². The molecule has 6 aromatic rings. The zero-order chi connectivity index (χ0) is 53.8. The first-order valence-electron chi connectivity index (χ1n) is 22.1. The fourth-order valence-corrected chi connectivity index (χ4v) is 6.86. The number of likely N-dealkylation sites (N-methyl/N-ethyl adjacent to an activating group) is 2. The van der Waals surface area contributed by atoms with Gasteiger partial charge in [0.2, 0.25) is 11.8 Å². The highest BCUT2D eigenvalue weighted by atomic mass is 35.5. The van der Waals surface area contributed by atoms with E-state index in [1.54, 1.807) is 133 Å². The number of halogens is 2. The number of carbonyl (C=O) groups excluding carboxylic acids is 5. The number of benzene rings is 4. The van der Waals surface area contributed by atoms with Crippen molar-refractivity contribution < 1.29 is 33.9 Å². The van der Waals surface area contributed by atoms with E-state index in [4.69, 9.17) is 34.2 Å². The van der Waals surface area contributed by atoms with Gasteiger partial charge >= 0.3 is 5.97 Å². The summed E-state index contributed by atoms with van der Waals surface area (Å²) in [6.07, 6.45) is 3.13. The number of pyridine rings is 2. The Morgan fingerprint density at radius 1 is 0.548 bits per heavy atom. The number of anilines is 2. The van der Waals surface area contributed by atoms with Gasteiger partial charge in [0, 0.05) is 40.2 Å². The largest absolute Gasteiger partial charge is 0.478 e. The van der Waals surface area contributed by atoms with Crippen LogP contribution in [0.3, 0.4) is 0 Å². The van der Waals surface area contributed by atoms with Crippen LogP contribution in [0.25, 0.3) is 0 Å². The van der Waals surface area contributed by atoms with Gasteiger partial charge in [-0.05, 0) is 139 Å². The number of aryl methyl sites for hydroxylation is 4. The monoisotopic (exact) mass is 1020 g/mol. The summed E-state index contributed by atoms with van der Waals surface area (Å²) in [6.45, 7) is 7.86. The van der Waals surface area contributed by atoms with Gasteiger partial charge in [-0.3, -0.25) is 40.3 Å². The van der Waals surface area contributed by atoms with Crippen molar-refractivity contribution in [1.29, 1.82) is 0 Å². The Hall–Kier alpha value is -8.42. The number of carboxylic acids is 1. The maximum atomic E-state index is 12.6. The molecule has 0 bridgehead atoms. The lowest BCUT2D eigenvalue weighted by molar-refractivity contribution is -0.117. The maximum absolute atomic E-state index is 12.6. The number of nitrogens with one attached hydrogen (secondary N) is 5. The molecule has 6 rings (SSSR count). The molecule has 17 nitrogen and oxygen atoms in total. The number of nitrogen functional groups attached to an aromatic ring is 1. The molecule has 19 heteroatoms. The van der Waals surface area contributed by atoms with E-state index in [-0.39, 0.29) is 36.4 Å². The molecule has 0 unspecified atom stereocenters. The third kappa shape index (κ3) is 18.4. The number of aromatic nitrogens is 2. The predicted octanol–water partition coefficient (Wildman–Crippen LogP) is 6.57. The van der Waals surface area contributed by atoms with Crippen molar-refractivity contribution in [2.24, 2.45) is 5.84 Å². The summed E-state index contributed by atoms with van der Waals surface area (Å²) >= 11 is 11.9. The lowest BCUT2D eigenvalue weighted by Gasteiger charge is -2.11. The minimum Gasteiger partial charge on any atom is -0.478 e. The number of nitrogens with zero attached hydrogens (tertiary/aromatic N) is 4. The van der Waals surface area contributed by atoms with Crippen molar-refractivity contribution in [2.45, 2.75) is 27.7 Å². The molecule has 0 saturated heterocycles. The van der Waals surface area contributed by atoms with Crippen LogP contribution < -0.4 is 32.8 Å². The lowest BCUT2D eigenvalue weighted by atomic mass is 10.0. The average molecular weight is 1030 g/mol. The highest BCUT2D eigenvalue weighted by Crippen LogP contribution is 2.20. The van der Waals surface area contributed by atoms with Crippen LogP contribution >= 0.6 is 23.2 Å². The number of aromatic carboxylic acids is 1. The molecule has 0 radical (unpaired) electrons. The molecule has 5 amide bonds. The Kier molecular flexibility index (Phi) is 21.8. The highest BCUT2D eigenvalue weighted by Gasteiger charge is 2.16. The van der Waals surface area contributed by atoms with E-state index in [9.17, 15) is 28.8 Å². The summed E-state index contributed by atoms with van der Waals surface area (Å²) in [7, 11) is 7.24. The molecule has 0 atom stereocenters. The molecule has 0 aliphatic rings. The van der Waals surface area contributed by atoms with Crippen LogP contribution in [-0.2, 0) is 9.59 Å². The SMILES string of the molecule is Cc1ccc(C(=O)NNC(=O)c2c(C)cccc2Cl)cc1C#Cc1ccc(NC(=O)CN(C)C)nc1.Cc1ccc(C(=O)O)cc1C#Cc1ccc(NC(=O)CN(C)C)nc1.Cc1cccc(Cl)c1C(=O)NN. The molecular weight excluding hydrogens is 972 g/mol. The van der Waals surface area contributed by atoms with E-state index in [0.29, 0.717) is 66.2 Å². The van der Waals surface area contributed by atoms with Gasteiger partial charge in [-0.25, -0.2) is 20.6 Å². The summed E-state index contributed by atoms with van der Waals surface area (Å²) in [4.78, 5) is 82.7. The number of carboxylic acid groups (broad SMARTS) is 1. The van der Waals surface area contributed by atoms with Crippen molar-refractivity contribution in [1.82, 2.24) is 36.0 Å². The Balaban J connectivity index is 0.000000268. The normalized spacial score (nSPS) is 10.1. The summed E-state index contributed by atoms with van der Waals surface area (Å²) < 4.78 is 0. The zero-order valence-corrected chi connectivity index (χ0v) is 42.8. The molecule has 376 valence electrons. The molecule has 2 heterocycles. The van der Waals surface area contributed by atoms with Gasteiger partial charge in [0.25, 0.3) is 17.7 Å². The topological polar surface area (TPSA) is 241 Å². The molecule has 0 spiro atoms. The first kappa shape index (κ1) is 57.2. The third-order valence-electron chi connectivity index (χ3n) is 9.97. The van der Waals surface area contributed by atoms with Crippen LogP contribution in [0.5, 0.6) is 0 Å². The second kappa shape index (κ2) is 27.8. The van der Waals surface area contributed by atoms with E-state index < -0.39 is 17.8 Å². The highest BCUT2D eigenvalue weighted by molar-refractivity contribution is 6.34. The van der Waals surface area contributed by atoms with Crippen LogP contribution in [0.15, 0.2) is 109 Å². The van der Waals surface area contributed by atoms with Crippen LogP contribution in [0.1, 0.15) is 85.9 Å². The van der Waals surface area contributed by atoms with Gasteiger partial charge in [0.15, 0.2) is 0 Å². The van der Waals surface area contributed by atoms with Gasteiger partial charge < -0.3 is 25.5 Å². The number of hydrogen-bond acceptors (Lipinski definition) is 11. The zero-order valence-electron chi connectivity index (χ0n) is 41.3. The molecule has 4 aromatic carbocycles. The summed E-state index contributed by atoms with van der Waals surface area (Å²) in [5.74, 6) is 15.2. The molecule has 73 heavy (non-hydrogen) atoms. The van der Waals surface area contributed by atoms with E-state index in [1.165, 1.54) is 0 Å². The van der Waals surface area contributed by atoms with E-state index in [2.05, 4.69) is 55.1 Å². The second-order valence-electron chi connectivity index (χ2n) is 16.5. The quantitative estimate of drug-likeness (QED) is 0.0334. The molecule has 0 saturated carbocycles. The third-order valence-corrected chi connectivity index (χ3v) is 10.6. The number of nitrogens with two attached hydrogens (primary N) is 1. The van der Waals surface area contributed by atoms with Gasteiger partial charge in [0.05, 0.1) is 39.8 Å². The minimum absolute atomic E-state index is 0.141. The van der Waals surface area contributed by atoms with Gasteiger partial charge in [-0.15, -0.1) is 0 Å². The number of carbonyl (C=O) groups is 6. The Morgan fingerprint density at radius 3 is 1.37 bits per heavy atom. The van der Waals surface area contributed by atoms with Crippen molar-refractivity contribution >= 4 is 70.3 Å². The molecule has 2 aromatic heterocycles. The Morgan fingerprint density at radius 2 is 0.973 bits per heavy atom. The number of hydrogen-bond donors (Lipinski definition) is 7. The Bertz CT molecular complexity index is 3080. The smallest absolute Gasteiger partial charge is 0.335 e. The molecule has 0 aliphatic heterocycles. The average Bonchev–Trinajstić information content (AvgIpc) is 3.33. The second-order valence-corrected chi connectivity index (χ2v) is 17.4. The van der Waals surface area contributed by atoms with Crippen molar-refractivity contribution in [3.8, 4) is 23.7 Å². The van der Waals surface area contributed by atoms with E-state index >= 15 is 0 Å². The first-order valence-corrected chi connectivity index (χ1v) is 22.8. The first-order chi connectivity index (χ1) is 34.6. The van der Waals surface area contributed by atoms with Crippen LogP contribution in [0.4, 0.5) is 11.6 Å².